The van der Waals surface area contributed by atoms with E-state index < -0.39 is 5.97 Å². The van der Waals surface area contributed by atoms with Gasteiger partial charge in [-0.3, -0.25) is 19.9 Å². The number of carboxylic acids is 1. The van der Waals surface area contributed by atoms with Gasteiger partial charge in [-0.2, -0.15) is 4.98 Å². The second-order valence-corrected chi connectivity index (χ2v) is 9.19. The van der Waals surface area contributed by atoms with E-state index in [9.17, 15) is 14.7 Å². The number of carbonyl (C=O) groups is 2. The number of hydrogen-bond donors (Lipinski definition) is 4. The summed E-state index contributed by atoms with van der Waals surface area (Å²) in [6.45, 7) is 1.49. The van der Waals surface area contributed by atoms with Crippen LogP contribution in [0, 0.1) is 5.41 Å². The minimum atomic E-state index is -0.914. The lowest BCUT2D eigenvalue weighted by molar-refractivity contribution is -0.138. The van der Waals surface area contributed by atoms with Gasteiger partial charge in [0.2, 0.25) is 11.8 Å². The maximum absolute atomic E-state index is 13.4. The molecule has 1 aliphatic heterocycles. The Bertz CT molecular complexity index is 1390. The molecule has 0 bridgehead atoms. The maximum atomic E-state index is 13.4. The molecule has 204 valence electrons. The number of pyridine rings is 1. The van der Waals surface area contributed by atoms with Crippen molar-refractivity contribution in [3.8, 4) is 29.0 Å². The molecule has 1 saturated heterocycles. The number of carboxylic acid groups (broad SMARTS) is 1. The number of amides is 1. The molecule has 1 fully saturated rings. The number of phenolic OH excluding ortho intramolecular Hbond substituents is 1. The summed E-state index contributed by atoms with van der Waals surface area (Å²) in [5.74, 6) is -1.04. The number of aliphatic carboxylic acids is 1. The van der Waals surface area contributed by atoms with Crippen molar-refractivity contribution in [1.29, 1.82) is 5.41 Å². The fraction of sp³-hybridized carbons (Fsp3) is 0.259. The van der Waals surface area contributed by atoms with Crippen LogP contribution in [0.5, 0.6) is 29.0 Å². The topological polar surface area (TPSA) is 166 Å². The van der Waals surface area contributed by atoms with Gasteiger partial charge in [0.25, 0.3) is 5.91 Å². The van der Waals surface area contributed by atoms with E-state index >= 15 is 0 Å². The van der Waals surface area contributed by atoms with E-state index in [1.54, 1.807) is 15.9 Å². The molecule has 1 aliphatic rings. The number of anilines is 1. The summed E-state index contributed by atoms with van der Waals surface area (Å²) in [5, 5.41) is 27.0. The SMILES string of the molecule is CN(C)c1cccc(Oc2cc(C(=O)N3CCN(CC(=O)O)CC3)cc(Oc3cc(C(=N)N)ccc3O)n2)c1. The van der Waals surface area contributed by atoms with Gasteiger partial charge in [0.1, 0.15) is 11.6 Å². The number of rotatable bonds is 9. The summed E-state index contributed by atoms with van der Waals surface area (Å²) < 4.78 is 11.8. The number of aromatic hydroxyl groups is 1. The number of nitrogens with one attached hydrogen (secondary N) is 1. The Balaban J connectivity index is 1.64. The van der Waals surface area contributed by atoms with Crippen LogP contribution in [0.4, 0.5) is 5.69 Å². The molecular weight excluding hydrogens is 504 g/mol. The van der Waals surface area contributed by atoms with Crippen molar-refractivity contribution in [2.75, 3.05) is 51.7 Å². The zero-order valence-corrected chi connectivity index (χ0v) is 21.6. The fourth-order valence-electron chi connectivity index (χ4n) is 4.01. The molecule has 4 rings (SSSR count). The minimum absolute atomic E-state index is 0.00244. The van der Waals surface area contributed by atoms with Crippen LogP contribution in [0.15, 0.2) is 54.6 Å². The van der Waals surface area contributed by atoms with Crippen LogP contribution in [0.2, 0.25) is 0 Å². The van der Waals surface area contributed by atoms with E-state index in [1.807, 2.05) is 37.2 Å². The Morgan fingerprint density at radius 2 is 1.69 bits per heavy atom. The first-order chi connectivity index (χ1) is 18.6. The van der Waals surface area contributed by atoms with E-state index in [-0.39, 0.29) is 47.1 Å². The highest BCUT2D eigenvalue weighted by atomic mass is 16.5. The summed E-state index contributed by atoms with van der Waals surface area (Å²) in [4.78, 5) is 34.2. The van der Waals surface area contributed by atoms with Crippen LogP contribution >= 0.6 is 0 Å². The van der Waals surface area contributed by atoms with Gasteiger partial charge < -0.3 is 35.2 Å². The van der Waals surface area contributed by atoms with Gasteiger partial charge in [0.05, 0.1) is 12.1 Å². The molecule has 12 nitrogen and oxygen atoms in total. The first-order valence-corrected chi connectivity index (χ1v) is 12.1. The van der Waals surface area contributed by atoms with Gasteiger partial charge in [-0.25, -0.2) is 0 Å². The number of nitrogens with zero attached hydrogens (tertiary/aromatic N) is 4. The van der Waals surface area contributed by atoms with Crippen LogP contribution in [-0.4, -0.2) is 89.5 Å². The smallest absolute Gasteiger partial charge is 0.317 e. The third-order valence-corrected chi connectivity index (χ3v) is 6.09. The Hall–Kier alpha value is -4.84. The van der Waals surface area contributed by atoms with E-state index in [0.29, 0.717) is 37.5 Å². The Morgan fingerprint density at radius 3 is 2.33 bits per heavy atom. The Kier molecular flexibility index (Phi) is 8.15. The quantitative estimate of drug-likeness (QED) is 0.237. The van der Waals surface area contributed by atoms with E-state index in [1.165, 1.54) is 30.3 Å². The molecule has 2 heterocycles. The van der Waals surface area contributed by atoms with Crippen molar-refractivity contribution in [1.82, 2.24) is 14.8 Å². The molecule has 0 saturated carbocycles. The summed E-state index contributed by atoms with van der Waals surface area (Å²) in [7, 11) is 3.81. The average molecular weight is 535 g/mol. The number of piperazine rings is 1. The van der Waals surface area contributed by atoms with Crippen LogP contribution < -0.4 is 20.1 Å². The van der Waals surface area contributed by atoms with Crippen molar-refractivity contribution in [3.05, 3.63) is 65.7 Å². The number of benzene rings is 2. The number of carbonyl (C=O) groups excluding carboxylic acids is 1. The third kappa shape index (κ3) is 6.93. The number of aromatic nitrogens is 1. The highest BCUT2D eigenvalue weighted by Gasteiger charge is 2.25. The number of amidine groups is 1. The molecule has 39 heavy (non-hydrogen) atoms. The predicted octanol–water partition coefficient (Wildman–Crippen LogP) is 2.56. The summed E-state index contributed by atoms with van der Waals surface area (Å²) in [6, 6.07) is 14.5. The molecule has 3 aromatic rings. The Labute approximate surface area is 225 Å². The van der Waals surface area contributed by atoms with Crippen molar-refractivity contribution >= 4 is 23.4 Å². The van der Waals surface area contributed by atoms with Crippen LogP contribution in [0.3, 0.4) is 0 Å². The van der Waals surface area contributed by atoms with Gasteiger partial charge in [-0.05, 0) is 30.3 Å². The molecule has 1 amide bonds. The van der Waals surface area contributed by atoms with Gasteiger partial charge in [-0.15, -0.1) is 0 Å². The molecule has 0 unspecified atom stereocenters. The van der Waals surface area contributed by atoms with Gasteiger partial charge in [-0.1, -0.05) is 6.07 Å². The molecule has 0 atom stereocenters. The lowest BCUT2D eigenvalue weighted by Gasteiger charge is -2.33. The highest BCUT2D eigenvalue weighted by Crippen LogP contribution is 2.33. The summed E-state index contributed by atoms with van der Waals surface area (Å²) in [6.07, 6.45) is 0. The largest absolute Gasteiger partial charge is 0.504 e. The molecule has 1 aromatic heterocycles. The third-order valence-electron chi connectivity index (χ3n) is 6.09. The standard InChI is InChI=1S/C27H30N6O6/c1-31(2)19-4-3-5-20(15-19)38-23-13-18(27(37)33-10-8-32(9-11-33)16-25(35)36)14-24(30-23)39-22-12-17(26(28)29)6-7-21(22)34/h3-7,12-15,34H,8-11,16H2,1-2H3,(H3,28,29)(H,35,36). The van der Waals surface area contributed by atoms with E-state index in [2.05, 4.69) is 4.98 Å². The van der Waals surface area contributed by atoms with Crippen LogP contribution in [-0.2, 0) is 4.79 Å². The lowest BCUT2D eigenvalue weighted by Crippen LogP contribution is -2.49. The minimum Gasteiger partial charge on any atom is -0.504 e. The van der Waals surface area contributed by atoms with Crippen LogP contribution in [0.1, 0.15) is 15.9 Å². The van der Waals surface area contributed by atoms with Gasteiger partial charge in [0.15, 0.2) is 11.5 Å². The summed E-state index contributed by atoms with van der Waals surface area (Å²) >= 11 is 0. The first-order valence-electron chi connectivity index (χ1n) is 12.1. The van der Waals surface area contributed by atoms with Crippen molar-refractivity contribution < 1.29 is 29.3 Å². The molecule has 2 aromatic carbocycles. The number of ether oxygens (including phenoxy) is 2. The average Bonchev–Trinajstić information content (AvgIpc) is 2.89. The normalized spacial score (nSPS) is 13.5. The highest BCUT2D eigenvalue weighted by molar-refractivity contribution is 5.96. The monoisotopic (exact) mass is 534 g/mol. The second kappa shape index (κ2) is 11.7. The van der Waals surface area contributed by atoms with Gasteiger partial charge in [0, 0.05) is 69.7 Å². The number of nitrogens with two attached hydrogens (primary N) is 1. The molecular formula is C27H30N6O6. The van der Waals surface area contributed by atoms with Gasteiger partial charge >= 0.3 is 5.97 Å². The zero-order valence-electron chi connectivity index (χ0n) is 21.6. The number of nitrogen functional groups attached to an aromatic ring is 1. The van der Waals surface area contributed by atoms with E-state index in [0.717, 1.165) is 5.69 Å². The van der Waals surface area contributed by atoms with Crippen LogP contribution in [0.25, 0.3) is 0 Å². The van der Waals surface area contributed by atoms with Crippen molar-refractivity contribution in [2.45, 2.75) is 0 Å². The lowest BCUT2D eigenvalue weighted by atomic mass is 10.2. The summed E-state index contributed by atoms with van der Waals surface area (Å²) in [5.41, 5.74) is 7.06. The molecule has 12 heteroatoms. The van der Waals surface area contributed by atoms with E-state index in [4.69, 9.17) is 25.7 Å². The molecule has 0 spiro atoms. The Morgan fingerprint density at radius 1 is 1.00 bits per heavy atom. The molecule has 5 N–H and O–H groups in total. The molecule has 0 radical (unpaired) electrons. The number of phenols is 1. The molecule has 0 aliphatic carbocycles. The zero-order chi connectivity index (χ0) is 28.1. The van der Waals surface area contributed by atoms with Crippen molar-refractivity contribution in [2.24, 2.45) is 5.73 Å². The second-order valence-electron chi connectivity index (χ2n) is 9.19. The maximum Gasteiger partial charge on any atom is 0.317 e. The first kappa shape index (κ1) is 27.2. The fourth-order valence-corrected chi connectivity index (χ4v) is 4.01. The predicted molar refractivity (Wildman–Crippen MR) is 144 cm³/mol. The number of hydrogen-bond acceptors (Lipinski definition) is 9. The van der Waals surface area contributed by atoms with Crippen molar-refractivity contribution in [3.63, 3.8) is 0 Å².